The van der Waals surface area contributed by atoms with Crippen LogP contribution in [-0.2, 0) is 4.79 Å². The molecular weight excluding hydrogens is 286 g/mol. The predicted molar refractivity (Wildman–Crippen MR) is 91.8 cm³/mol. The molecule has 0 aliphatic carbocycles. The summed E-state index contributed by atoms with van der Waals surface area (Å²) in [5.41, 5.74) is 5.32. The third-order valence-electron chi connectivity index (χ3n) is 4.48. The highest BCUT2D eigenvalue weighted by atomic mass is 35.5. The largest absolute Gasteiger partial charge is 0.353 e. The summed E-state index contributed by atoms with van der Waals surface area (Å²) in [4.78, 5) is 14.7. The minimum Gasteiger partial charge on any atom is -0.353 e. The number of piperidine rings is 1. The number of likely N-dealkylation sites (tertiary alicyclic amines) is 1. The van der Waals surface area contributed by atoms with Crippen molar-refractivity contribution in [3.05, 3.63) is 0 Å². The average Bonchev–Trinajstić information content (AvgIpc) is 2.36. The molecule has 3 N–H and O–H groups in total. The molecule has 2 atom stereocenters. The summed E-state index contributed by atoms with van der Waals surface area (Å²) in [6.07, 6.45) is 4.22. The topological polar surface area (TPSA) is 58.4 Å². The molecule has 126 valence electrons. The number of nitrogens with one attached hydrogen (secondary N) is 1. The Hall–Kier alpha value is -0.320. The van der Waals surface area contributed by atoms with E-state index in [-0.39, 0.29) is 23.9 Å². The van der Waals surface area contributed by atoms with Gasteiger partial charge in [0.2, 0.25) is 5.91 Å². The number of carbonyl (C=O) groups is 1. The van der Waals surface area contributed by atoms with Crippen LogP contribution in [0.3, 0.4) is 0 Å². The Bertz CT molecular complexity index is 331. The van der Waals surface area contributed by atoms with Crippen LogP contribution in [0, 0.1) is 5.92 Å². The zero-order valence-electron chi connectivity index (χ0n) is 14.4. The highest BCUT2D eigenvalue weighted by Gasteiger charge is 2.33. The molecule has 1 amide bonds. The van der Waals surface area contributed by atoms with E-state index in [4.69, 9.17) is 5.73 Å². The van der Waals surface area contributed by atoms with E-state index in [1.165, 1.54) is 12.8 Å². The van der Waals surface area contributed by atoms with Crippen molar-refractivity contribution < 1.29 is 4.79 Å². The van der Waals surface area contributed by atoms with Crippen LogP contribution in [0.5, 0.6) is 0 Å². The van der Waals surface area contributed by atoms with Crippen LogP contribution in [0.4, 0.5) is 0 Å². The maximum Gasteiger partial charge on any atom is 0.239 e. The molecule has 0 radical (unpaired) electrons. The van der Waals surface area contributed by atoms with Gasteiger partial charge in [0.25, 0.3) is 0 Å². The van der Waals surface area contributed by atoms with Crippen LogP contribution >= 0.6 is 12.4 Å². The lowest BCUT2D eigenvalue weighted by molar-refractivity contribution is -0.126. The number of rotatable bonds is 6. The summed E-state index contributed by atoms with van der Waals surface area (Å²) >= 11 is 0. The van der Waals surface area contributed by atoms with Gasteiger partial charge in [-0.3, -0.25) is 9.69 Å². The molecule has 1 saturated heterocycles. The SMILES string of the molecule is CCCC(C)(N)C(=O)NCC(C)(C)N1CCCC(C)C1.Cl. The highest BCUT2D eigenvalue weighted by molar-refractivity contribution is 5.85. The Balaban J connectivity index is 0.00000400. The van der Waals surface area contributed by atoms with E-state index in [2.05, 4.69) is 37.9 Å². The number of halogens is 1. The second-order valence-corrected chi connectivity index (χ2v) is 7.36. The normalized spacial score (nSPS) is 23.0. The third-order valence-corrected chi connectivity index (χ3v) is 4.48. The van der Waals surface area contributed by atoms with Gasteiger partial charge in [-0.2, -0.15) is 0 Å². The molecule has 0 aromatic rings. The predicted octanol–water partition coefficient (Wildman–Crippen LogP) is 2.55. The van der Waals surface area contributed by atoms with Crippen molar-refractivity contribution in [2.75, 3.05) is 19.6 Å². The molecule has 1 fully saturated rings. The Morgan fingerprint density at radius 2 is 2.00 bits per heavy atom. The average molecular weight is 320 g/mol. The van der Waals surface area contributed by atoms with E-state index >= 15 is 0 Å². The number of hydrogen-bond acceptors (Lipinski definition) is 3. The van der Waals surface area contributed by atoms with E-state index in [1.54, 1.807) is 0 Å². The Morgan fingerprint density at radius 1 is 1.38 bits per heavy atom. The maximum absolute atomic E-state index is 12.2. The first-order chi connectivity index (χ1) is 9.19. The third kappa shape index (κ3) is 6.13. The molecule has 0 bridgehead atoms. The van der Waals surface area contributed by atoms with Crippen LogP contribution in [-0.4, -0.2) is 41.5 Å². The van der Waals surface area contributed by atoms with Gasteiger partial charge in [-0.1, -0.05) is 20.3 Å². The molecule has 0 saturated carbocycles. The summed E-state index contributed by atoms with van der Waals surface area (Å²) in [7, 11) is 0. The van der Waals surface area contributed by atoms with Crippen molar-refractivity contribution in [3.63, 3.8) is 0 Å². The molecule has 1 aliphatic heterocycles. The number of hydrogen-bond donors (Lipinski definition) is 2. The standard InChI is InChI=1S/C16H33N3O.ClH/c1-6-9-16(5,17)14(20)18-12-15(3,4)19-10-7-8-13(2)11-19;/h13H,6-12,17H2,1-5H3,(H,18,20);1H. The number of carbonyl (C=O) groups excluding carboxylic acids is 1. The summed E-state index contributed by atoms with van der Waals surface area (Å²) < 4.78 is 0. The molecule has 21 heavy (non-hydrogen) atoms. The van der Waals surface area contributed by atoms with E-state index in [0.29, 0.717) is 6.54 Å². The minimum absolute atomic E-state index is 0. The first-order valence-corrected chi connectivity index (χ1v) is 8.01. The van der Waals surface area contributed by atoms with Gasteiger partial charge in [-0.05, 0) is 52.5 Å². The summed E-state index contributed by atoms with van der Waals surface area (Å²) in [5, 5.41) is 3.05. The summed E-state index contributed by atoms with van der Waals surface area (Å²) in [6, 6.07) is 0. The van der Waals surface area contributed by atoms with E-state index in [9.17, 15) is 4.79 Å². The van der Waals surface area contributed by atoms with Gasteiger partial charge in [-0.15, -0.1) is 12.4 Å². The molecule has 1 aliphatic rings. The number of amides is 1. The molecule has 5 heteroatoms. The number of nitrogens with two attached hydrogens (primary N) is 1. The second-order valence-electron chi connectivity index (χ2n) is 7.36. The monoisotopic (exact) mass is 319 g/mol. The zero-order chi connectivity index (χ0) is 15.4. The summed E-state index contributed by atoms with van der Waals surface area (Å²) in [5.74, 6) is 0.719. The fourth-order valence-electron chi connectivity index (χ4n) is 2.98. The zero-order valence-corrected chi connectivity index (χ0v) is 15.2. The molecule has 0 aromatic carbocycles. The Labute approximate surface area is 136 Å². The number of nitrogens with zero attached hydrogens (tertiary/aromatic N) is 1. The molecule has 1 rings (SSSR count). The lowest BCUT2D eigenvalue weighted by Crippen LogP contribution is -2.58. The van der Waals surface area contributed by atoms with Crippen LogP contribution in [0.2, 0.25) is 0 Å². The molecule has 2 unspecified atom stereocenters. The molecule has 4 nitrogen and oxygen atoms in total. The van der Waals surface area contributed by atoms with Crippen LogP contribution < -0.4 is 11.1 Å². The molecule has 1 heterocycles. The van der Waals surface area contributed by atoms with Crippen molar-refractivity contribution in [3.8, 4) is 0 Å². The second kappa shape index (κ2) is 8.35. The smallest absolute Gasteiger partial charge is 0.239 e. The van der Waals surface area contributed by atoms with Crippen LogP contribution in [0.1, 0.15) is 60.3 Å². The van der Waals surface area contributed by atoms with Crippen molar-refractivity contribution in [1.29, 1.82) is 0 Å². The van der Waals surface area contributed by atoms with Crippen molar-refractivity contribution in [2.45, 2.75) is 71.4 Å². The lowest BCUT2D eigenvalue weighted by atomic mass is 9.92. The maximum atomic E-state index is 12.2. The van der Waals surface area contributed by atoms with Gasteiger partial charge >= 0.3 is 0 Å². The molecule has 0 aromatic heterocycles. The van der Waals surface area contributed by atoms with Crippen molar-refractivity contribution >= 4 is 18.3 Å². The quantitative estimate of drug-likeness (QED) is 0.791. The van der Waals surface area contributed by atoms with E-state index in [0.717, 1.165) is 31.8 Å². The first-order valence-electron chi connectivity index (χ1n) is 8.01. The van der Waals surface area contributed by atoms with E-state index in [1.807, 2.05) is 6.92 Å². The summed E-state index contributed by atoms with van der Waals surface area (Å²) in [6.45, 7) is 13.5. The lowest BCUT2D eigenvalue weighted by Gasteiger charge is -2.43. The Morgan fingerprint density at radius 3 is 2.52 bits per heavy atom. The van der Waals surface area contributed by atoms with Gasteiger partial charge in [-0.25, -0.2) is 0 Å². The van der Waals surface area contributed by atoms with Gasteiger partial charge in [0.1, 0.15) is 0 Å². The Kier molecular flexibility index (Phi) is 8.22. The van der Waals surface area contributed by atoms with Crippen molar-refractivity contribution in [1.82, 2.24) is 10.2 Å². The van der Waals surface area contributed by atoms with E-state index < -0.39 is 5.54 Å². The molecule has 0 spiro atoms. The molecular formula is C16H34ClN3O. The van der Waals surface area contributed by atoms with Crippen LogP contribution in [0.25, 0.3) is 0 Å². The fourth-order valence-corrected chi connectivity index (χ4v) is 2.98. The van der Waals surface area contributed by atoms with Gasteiger partial charge in [0.05, 0.1) is 5.54 Å². The van der Waals surface area contributed by atoms with Gasteiger partial charge < -0.3 is 11.1 Å². The first kappa shape index (κ1) is 20.7. The van der Waals surface area contributed by atoms with Crippen LogP contribution in [0.15, 0.2) is 0 Å². The van der Waals surface area contributed by atoms with Crippen molar-refractivity contribution in [2.24, 2.45) is 11.7 Å². The minimum atomic E-state index is -0.750. The van der Waals surface area contributed by atoms with Gasteiger partial charge in [0, 0.05) is 18.6 Å². The van der Waals surface area contributed by atoms with Gasteiger partial charge in [0.15, 0.2) is 0 Å². The fraction of sp³-hybridized carbons (Fsp3) is 0.938. The highest BCUT2D eigenvalue weighted by Crippen LogP contribution is 2.23.